The van der Waals surface area contributed by atoms with Crippen LogP contribution in [0.3, 0.4) is 0 Å². The van der Waals surface area contributed by atoms with Crippen molar-refractivity contribution in [1.82, 2.24) is 16.0 Å². The van der Waals surface area contributed by atoms with E-state index in [1.807, 2.05) is 67.6 Å². The van der Waals surface area contributed by atoms with Gasteiger partial charge in [-0.3, -0.25) is 14.4 Å². The van der Waals surface area contributed by atoms with Gasteiger partial charge in [0.05, 0.1) is 6.04 Å². The van der Waals surface area contributed by atoms with Crippen molar-refractivity contribution in [2.24, 2.45) is 11.5 Å². The fourth-order valence-corrected chi connectivity index (χ4v) is 4.27. The number of carbonyl (C=O) groups is 4. The first-order chi connectivity index (χ1) is 19.2. The van der Waals surface area contributed by atoms with Crippen LogP contribution < -0.4 is 27.4 Å². The van der Waals surface area contributed by atoms with E-state index in [2.05, 4.69) is 16.0 Å². The molecule has 40 heavy (non-hydrogen) atoms. The lowest BCUT2D eigenvalue weighted by atomic mass is 10.0. The molecule has 0 aliphatic heterocycles. The van der Waals surface area contributed by atoms with E-state index in [4.69, 9.17) is 11.5 Å². The summed E-state index contributed by atoms with van der Waals surface area (Å²) >= 11 is 0. The second-order valence-corrected chi connectivity index (χ2v) is 9.93. The molecule has 0 radical (unpaired) electrons. The minimum absolute atomic E-state index is 0.190. The predicted octanol–water partition coefficient (Wildman–Crippen LogP) is 1.66. The molecule has 10 nitrogen and oxygen atoms in total. The highest BCUT2D eigenvalue weighted by Crippen LogP contribution is 2.09. The summed E-state index contributed by atoms with van der Waals surface area (Å²) in [7, 11) is 0. The van der Waals surface area contributed by atoms with Gasteiger partial charge in [-0.1, -0.05) is 80.4 Å². The van der Waals surface area contributed by atoms with Crippen LogP contribution in [0.1, 0.15) is 56.6 Å². The Bertz CT molecular complexity index is 1070. The van der Waals surface area contributed by atoms with Crippen molar-refractivity contribution < 1.29 is 24.3 Å². The molecule has 0 spiro atoms. The molecule has 0 aromatic heterocycles. The molecule has 2 aromatic carbocycles. The SMILES string of the molecule is CCCC[C@H](NC(=O)[C@@H](Cc1ccccc1)NC(=O)[C@@H](N)Cc1ccccc1)C(=O)N[C@H](CCCCN)C(=O)O. The van der Waals surface area contributed by atoms with E-state index in [-0.39, 0.29) is 12.8 Å². The van der Waals surface area contributed by atoms with Crippen LogP contribution in [0.5, 0.6) is 0 Å². The number of nitrogens with two attached hydrogens (primary N) is 2. The van der Waals surface area contributed by atoms with Gasteiger partial charge in [0, 0.05) is 6.42 Å². The summed E-state index contributed by atoms with van der Waals surface area (Å²) in [5, 5.41) is 17.7. The smallest absolute Gasteiger partial charge is 0.326 e. The van der Waals surface area contributed by atoms with Crippen LogP contribution >= 0.6 is 0 Å². The Morgan fingerprint density at radius 3 is 1.75 bits per heavy atom. The predicted molar refractivity (Wildman–Crippen MR) is 154 cm³/mol. The van der Waals surface area contributed by atoms with E-state index in [0.717, 1.165) is 17.5 Å². The number of aliphatic carboxylic acids is 1. The van der Waals surface area contributed by atoms with Crippen LogP contribution in [0, 0.1) is 0 Å². The van der Waals surface area contributed by atoms with Crippen molar-refractivity contribution >= 4 is 23.7 Å². The number of rotatable bonds is 18. The number of carboxylic acid groups (broad SMARTS) is 1. The van der Waals surface area contributed by atoms with Crippen LogP contribution in [0.25, 0.3) is 0 Å². The zero-order valence-corrected chi connectivity index (χ0v) is 23.2. The van der Waals surface area contributed by atoms with Crippen molar-refractivity contribution in [1.29, 1.82) is 0 Å². The molecule has 8 N–H and O–H groups in total. The molecule has 0 bridgehead atoms. The van der Waals surface area contributed by atoms with E-state index in [1.54, 1.807) is 0 Å². The number of benzene rings is 2. The summed E-state index contributed by atoms with van der Waals surface area (Å²) in [5.41, 5.74) is 13.4. The highest BCUT2D eigenvalue weighted by atomic mass is 16.4. The van der Waals surface area contributed by atoms with Gasteiger partial charge in [-0.2, -0.15) is 0 Å². The Balaban J connectivity index is 2.17. The number of nitrogens with one attached hydrogen (secondary N) is 3. The molecule has 3 amide bonds. The molecule has 0 unspecified atom stereocenters. The topological polar surface area (TPSA) is 177 Å². The number of carbonyl (C=O) groups excluding carboxylic acids is 3. The molecular formula is C30H43N5O5. The molecule has 2 rings (SSSR count). The third-order valence-corrected chi connectivity index (χ3v) is 6.59. The van der Waals surface area contributed by atoms with E-state index in [1.165, 1.54) is 0 Å². The van der Waals surface area contributed by atoms with Gasteiger partial charge in [0.1, 0.15) is 18.1 Å². The third kappa shape index (κ3) is 11.5. The molecule has 2 aromatic rings. The number of hydrogen-bond acceptors (Lipinski definition) is 6. The van der Waals surface area contributed by atoms with Gasteiger partial charge in [0.2, 0.25) is 17.7 Å². The Morgan fingerprint density at radius 2 is 1.20 bits per heavy atom. The molecule has 0 fully saturated rings. The summed E-state index contributed by atoms with van der Waals surface area (Å²) in [6.45, 7) is 2.38. The molecule has 0 aliphatic carbocycles. The largest absolute Gasteiger partial charge is 0.480 e. The van der Waals surface area contributed by atoms with E-state index in [0.29, 0.717) is 38.6 Å². The third-order valence-electron chi connectivity index (χ3n) is 6.59. The quantitative estimate of drug-likeness (QED) is 0.152. The number of unbranched alkanes of at least 4 members (excludes halogenated alkanes) is 2. The number of hydrogen-bond donors (Lipinski definition) is 6. The van der Waals surface area contributed by atoms with Gasteiger partial charge in [-0.15, -0.1) is 0 Å². The molecule has 0 heterocycles. The first-order valence-electron chi connectivity index (χ1n) is 13.9. The fraction of sp³-hybridized carbons (Fsp3) is 0.467. The Hall–Kier alpha value is -3.76. The van der Waals surface area contributed by atoms with Crippen LogP contribution in [0.4, 0.5) is 0 Å². The van der Waals surface area contributed by atoms with E-state index in [9.17, 15) is 24.3 Å². The van der Waals surface area contributed by atoms with Gasteiger partial charge in [-0.25, -0.2) is 4.79 Å². The summed E-state index contributed by atoms with van der Waals surface area (Å²) < 4.78 is 0. The van der Waals surface area contributed by atoms with Crippen molar-refractivity contribution in [2.45, 2.75) is 82.5 Å². The maximum Gasteiger partial charge on any atom is 0.326 e. The summed E-state index contributed by atoms with van der Waals surface area (Å²) in [4.78, 5) is 51.4. The van der Waals surface area contributed by atoms with Gasteiger partial charge < -0.3 is 32.5 Å². The van der Waals surface area contributed by atoms with Gasteiger partial charge >= 0.3 is 5.97 Å². The molecule has 10 heteroatoms. The monoisotopic (exact) mass is 553 g/mol. The lowest BCUT2D eigenvalue weighted by Gasteiger charge is -2.25. The fourth-order valence-electron chi connectivity index (χ4n) is 4.27. The van der Waals surface area contributed by atoms with Crippen LogP contribution in [0.15, 0.2) is 60.7 Å². The lowest BCUT2D eigenvalue weighted by Crippen LogP contribution is -2.57. The summed E-state index contributed by atoms with van der Waals surface area (Å²) in [6, 6.07) is 14.6. The number of carboxylic acids is 1. The first kappa shape index (κ1) is 32.5. The number of amides is 3. The second-order valence-electron chi connectivity index (χ2n) is 9.93. The minimum Gasteiger partial charge on any atom is -0.480 e. The molecule has 218 valence electrons. The molecule has 0 saturated carbocycles. The summed E-state index contributed by atoms with van der Waals surface area (Å²) in [6.07, 6.45) is 3.65. The van der Waals surface area contributed by atoms with E-state index >= 15 is 0 Å². The molecular weight excluding hydrogens is 510 g/mol. The van der Waals surface area contributed by atoms with Crippen LogP contribution in [-0.4, -0.2) is 59.5 Å². The standard InChI is InChI=1S/C30H43N5O5/c1-2-3-16-24(28(37)34-25(30(39)40)17-10-11-18-31)33-29(38)26(20-22-14-8-5-9-15-22)35-27(36)23(32)19-21-12-6-4-7-13-21/h4-9,12-15,23-26H,2-3,10-11,16-20,31-32H2,1H3,(H,33,38)(H,34,37)(H,35,36)(H,39,40)/t23-,24-,25+,26+/m0/s1. The maximum absolute atomic E-state index is 13.5. The highest BCUT2D eigenvalue weighted by Gasteiger charge is 2.30. The van der Waals surface area contributed by atoms with Crippen molar-refractivity contribution in [3.63, 3.8) is 0 Å². The first-order valence-corrected chi connectivity index (χ1v) is 13.9. The van der Waals surface area contributed by atoms with Crippen LogP contribution in [0.2, 0.25) is 0 Å². The minimum atomic E-state index is -1.15. The second kappa shape index (κ2) is 17.8. The normalized spacial score (nSPS) is 13.9. The van der Waals surface area contributed by atoms with Gasteiger partial charge in [0.25, 0.3) is 0 Å². The Morgan fingerprint density at radius 1 is 0.700 bits per heavy atom. The average Bonchev–Trinajstić information content (AvgIpc) is 2.95. The zero-order chi connectivity index (χ0) is 29.3. The van der Waals surface area contributed by atoms with Gasteiger partial charge in [0.15, 0.2) is 0 Å². The van der Waals surface area contributed by atoms with Crippen LogP contribution in [-0.2, 0) is 32.0 Å². The zero-order valence-electron chi connectivity index (χ0n) is 23.2. The van der Waals surface area contributed by atoms with Gasteiger partial charge in [-0.05, 0) is 49.8 Å². The van der Waals surface area contributed by atoms with Crippen molar-refractivity contribution in [2.75, 3.05) is 6.54 Å². The summed E-state index contributed by atoms with van der Waals surface area (Å²) in [5.74, 6) is -2.75. The Kier molecular flexibility index (Phi) is 14.4. The molecule has 4 atom stereocenters. The highest BCUT2D eigenvalue weighted by molar-refractivity contribution is 5.94. The maximum atomic E-state index is 13.5. The van der Waals surface area contributed by atoms with Crippen molar-refractivity contribution in [3.8, 4) is 0 Å². The van der Waals surface area contributed by atoms with E-state index < -0.39 is 47.9 Å². The Labute approximate surface area is 236 Å². The molecule has 0 saturated heterocycles. The van der Waals surface area contributed by atoms with Crippen molar-refractivity contribution in [3.05, 3.63) is 71.8 Å². The lowest BCUT2D eigenvalue weighted by molar-refractivity contribution is -0.142. The average molecular weight is 554 g/mol. The molecule has 0 aliphatic rings.